The molecule has 3 aliphatic rings. The average Bonchev–Trinajstić information content (AvgIpc) is 4.21. The third-order valence-corrected chi connectivity index (χ3v) is 18.4. The summed E-state index contributed by atoms with van der Waals surface area (Å²) in [4.78, 5) is 83.3. The van der Waals surface area contributed by atoms with Crippen molar-refractivity contribution in [3.05, 3.63) is 99.5 Å². The maximum Gasteiger partial charge on any atom is 0.274 e. The molecule has 0 spiro atoms. The molecule has 3 amide bonds. The van der Waals surface area contributed by atoms with Gasteiger partial charge in [-0.2, -0.15) is 5.10 Å². The van der Waals surface area contributed by atoms with Gasteiger partial charge in [-0.3, -0.25) is 24.3 Å². The number of nitrogens with one attached hydrogen (secondary N) is 4. The van der Waals surface area contributed by atoms with Crippen molar-refractivity contribution < 1.29 is 36.7 Å². The molecule has 3 aliphatic heterocycles. The predicted molar refractivity (Wildman–Crippen MR) is 285 cm³/mol. The van der Waals surface area contributed by atoms with Gasteiger partial charge >= 0.3 is 0 Å². The van der Waals surface area contributed by atoms with Crippen molar-refractivity contribution in [1.82, 2.24) is 55.6 Å². The normalized spacial score (nSPS) is 17.7. The quantitative estimate of drug-likeness (QED) is 0.0755. The number of aryl methyl sites for hydroxylation is 1. The smallest absolute Gasteiger partial charge is 0.274 e. The number of anilines is 3. The minimum Gasteiger partial charge on any atom is -0.492 e. The zero-order valence-electron chi connectivity index (χ0n) is 43.7. The number of aromatic nitrogens is 7. The number of hydrogen-bond acceptors (Lipinski definition) is 17. The lowest BCUT2D eigenvalue weighted by Crippen LogP contribution is -2.57. The van der Waals surface area contributed by atoms with E-state index < -0.39 is 32.5 Å². The van der Waals surface area contributed by atoms with Gasteiger partial charge in [0.1, 0.15) is 56.9 Å². The van der Waals surface area contributed by atoms with Crippen LogP contribution in [0.3, 0.4) is 0 Å². The molecule has 4 N–H and O–H groups in total. The Kier molecular flexibility index (Phi) is 15.8. The summed E-state index contributed by atoms with van der Waals surface area (Å²) in [5.41, 5.74) is 3.06. The third kappa shape index (κ3) is 11.3. The second-order valence-corrected chi connectivity index (χ2v) is 24.4. The number of aromatic amines is 1. The van der Waals surface area contributed by atoms with Gasteiger partial charge in [-0.05, 0) is 129 Å². The molecule has 0 radical (unpaired) electrons. The number of thiazole rings is 1. The van der Waals surface area contributed by atoms with Crippen LogP contribution in [-0.2, 0) is 19.4 Å². The minimum atomic E-state index is -3.87. The molecule has 0 bridgehead atoms. The molecule has 0 aliphatic carbocycles. The number of likely N-dealkylation sites (tertiary alicyclic amines) is 2. The minimum absolute atomic E-state index is 0.0610. The molecular weight excluding hydrogens is 1010 g/mol. The van der Waals surface area contributed by atoms with Crippen LogP contribution in [0.1, 0.15) is 115 Å². The van der Waals surface area contributed by atoms with E-state index in [2.05, 4.69) is 56.0 Å². The number of likely N-dealkylation sites (N-methyl/N-ethyl adjacent to an activating group) is 1. The fourth-order valence-electron chi connectivity index (χ4n) is 9.81. The van der Waals surface area contributed by atoms with E-state index in [0.29, 0.717) is 90.9 Å². The standard InChI is InChI=1S/C53H64FN13O7S2/c1-30-31(2)63-64-47(30)62-48-37-23-43(76(72,73)53(4,5)6)42(24-38(37)58-29-59-48)74-27-33-14-19-65(20-15-33)44-26-56-39(25-57-44)51(70)66-21-16-34(17-22-66)45(61-49(69)32(3)55-7)52(71)67-18-8-9-41(67)50-60-40(28-75-50)46(68)35-10-12-36(54)13-11-35/h10-13,23-26,28-29,32-34,41,45,55H,8-9,14-22,27H2,1-7H3,(H,61,69)(H2,58,59,62,63,64)/t32?,41?,45-/m0/s1. The lowest BCUT2D eigenvalue weighted by Gasteiger charge is -2.38. The van der Waals surface area contributed by atoms with Crippen molar-refractivity contribution in [1.29, 1.82) is 0 Å². The van der Waals surface area contributed by atoms with Crippen LogP contribution in [-0.4, -0.2) is 140 Å². The van der Waals surface area contributed by atoms with Gasteiger partial charge in [0.25, 0.3) is 5.91 Å². The number of ether oxygens (including phenoxy) is 1. The number of rotatable bonds is 16. The van der Waals surface area contributed by atoms with Crippen LogP contribution in [0.5, 0.6) is 5.75 Å². The SMILES string of the molecule is CNC(C)C(=O)N[C@H](C(=O)N1CCCC1c1nc(C(=O)c2ccc(F)cc2)cs1)C1CCN(C(=O)c2cnc(N3CCC(COc4cc5ncnc(Nc6n[nH]c(C)c6C)c5cc4S(=O)(=O)C(C)(C)C)CC3)cn2)CC1. The molecule has 3 saturated heterocycles. The Morgan fingerprint density at radius 1 is 0.908 bits per heavy atom. The Labute approximate surface area is 445 Å². The first-order valence-electron chi connectivity index (χ1n) is 25.7. The van der Waals surface area contributed by atoms with E-state index in [4.69, 9.17) is 4.74 Å². The largest absolute Gasteiger partial charge is 0.492 e. The molecule has 2 unspecified atom stereocenters. The fraction of sp³-hybridized carbons (Fsp3) is 0.472. The Bertz CT molecular complexity index is 3220. The number of carbonyl (C=O) groups excluding carboxylic acids is 4. The molecule has 0 saturated carbocycles. The highest BCUT2D eigenvalue weighted by Gasteiger charge is 2.42. The molecule has 23 heteroatoms. The van der Waals surface area contributed by atoms with Gasteiger partial charge in [-0.1, -0.05) is 0 Å². The zero-order chi connectivity index (χ0) is 54.1. The number of benzene rings is 2. The van der Waals surface area contributed by atoms with Gasteiger partial charge in [0.05, 0.1) is 41.3 Å². The fourth-order valence-corrected chi connectivity index (χ4v) is 12.1. The lowest BCUT2D eigenvalue weighted by molar-refractivity contribution is -0.139. The van der Waals surface area contributed by atoms with Gasteiger partial charge in [-0.25, -0.2) is 37.7 Å². The third-order valence-electron chi connectivity index (χ3n) is 14.9. The number of piperidine rings is 2. The summed E-state index contributed by atoms with van der Waals surface area (Å²) >= 11 is 1.30. The Balaban J connectivity index is 0.806. The number of halogens is 1. The Hall–Kier alpha value is -6.98. The van der Waals surface area contributed by atoms with Crippen LogP contribution in [0, 0.1) is 31.5 Å². The molecule has 6 aromatic rings. The molecule has 2 aromatic carbocycles. The van der Waals surface area contributed by atoms with E-state index in [-0.39, 0.29) is 70.0 Å². The van der Waals surface area contributed by atoms with Crippen LogP contribution in [0.15, 0.2) is 65.4 Å². The Morgan fingerprint density at radius 2 is 1.64 bits per heavy atom. The van der Waals surface area contributed by atoms with Crippen molar-refractivity contribution in [2.24, 2.45) is 11.8 Å². The highest BCUT2D eigenvalue weighted by atomic mass is 32.2. The van der Waals surface area contributed by atoms with Gasteiger partial charge in [-0.15, -0.1) is 11.3 Å². The monoisotopic (exact) mass is 1080 g/mol. The second kappa shape index (κ2) is 22.3. The van der Waals surface area contributed by atoms with Gasteiger partial charge in [0.15, 0.2) is 15.7 Å². The maximum absolute atomic E-state index is 14.6. The van der Waals surface area contributed by atoms with E-state index in [1.54, 1.807) is 68.3 Å². The first-order valence-corrected chi connectivity index (χ1v) is 28.0. The summed E-state index contributed by atoms with van der Waals surface area (Å²) in [5.74, 6) is 0.115. The van der Waals surface area contributed by atoms with E-state index in [1.165, 1.54) is 48.1 Å². The summed E-state index contributed by atoms with van der Waals surface area (Å²) in [7, 11) is -2.19. The number of sulfone groups is 1. The second-order valence-electron chi connectivity index (χ2n) is 20.8. The summed E-state index contributed by atoms with van der Waals surface area (Å²) in [6.07, 6.45) is 8.29. The first-order chi connectivity index (χ1) is 36.3. The number of H-pyrrole nitrogens is 1. The van der Waals surface area contributed by atoms with Crippen molar-refractivity contribution in [2.45, 2.75) is 108 Å². The molecule has 7 heterocycles. The number of hydrogen-bond donors (Lipinski definition) is 4. The van der Waals surface area contributed by atoms with E-state index in [1.807, 2.05) is 13.8 Å². The number of carbonyl (C=O) groups is 4. The molecule has 3 fully saturated rings. The summed E-state index contributed by atoms with van der Waals surface area (Å²) in [5, 5.41) is 19.3. The van der Waals surface area contributed by atoms with Gasteiger partial charge < -0.3 is 35.4 Å². The lowest BCUT2D eigenvalue weighted by atomic mass is 9.88. The van der Waals surface area contributed by atoms with Gasteiger partial charge in [0.2, 0.25) is 17.6 Å². The number of fused-ring (bicyclic) bond motifs is 1. The van der Waals surface area contributed by atoms with Crippen LogP contribution in [0.2, 0.25) is 0 Å². The average molecular weight is 1080 g/mol. The molecule has 402 valence electrons. The summed E-state index contributed by atoms with van der Waals surface area (Å²) in [6, 6.07) is 6.75. The first kappa shape index (κ1) is 53.8. The van der Waals surface area contributed by atoms with E-state index in [0.717, 1.165) is 30.5 Å². The molecule has 9 rings (SSSR count). The number of ketones is 1. The van der Waals surface area contributed by atoms with Crippen molar-refractivity contribution in [3.63, 3.8) is 0 Å². The highest BCUT2D eigenvalue weighted by molar-refractivity contribution is 7.92. The predicted octanol–water partition coefficient (Wildman–Crippen LogP) is 6.51. The summed E-state index contributed by atoms with van der Waals surface area (Å²) < 4.78 is 46.9. The van der Waals surface area contributed by atoms with Crippen molar-refractivity contribution >= 4 is 73.0 Å². The molecule has 20 nitrogen and oxygen atoms in total. The molecular formula is C53H64FN13O7S2. The molecule has 76 heavy (non-hydrogen) atoms. The van der Waals surface area contributed by atoms with Crippen LogP contribution in [0.4, 0.5) is 21.8 Å². The molecule has 3 atom stereocenters. The van der Waals surface area contributed by atoms with Gasteiger partial charge in [0, 0.05) is 66.4 Å². The number of amides is 3. The topological polar surface area (TPSA) is 251 Å². The van der Waals surface area contributed by atoms with Crippen molar-refractivity contribution in [2.75, 3.05) is 56.6 Å². The van der Waals surface area contributed by atoms with Crippen molar-refractivity contribution in [3.8, 4) is 5.75 Å². The van der Waals surface area contributed by atoms with Crippen LogP contribution in [0.25, 0.3) is 10.9 Å². The van der Waals surface area contributed by atoms with E-state index >= 15 is 0 Å². The number of nitrogens with zero attached hydrogens (tertiary/aromatic N) is 9. The highest BCUT2D eigenvalue weighted by Crippen LogP contribution is 2.39. The summed E-state index contributed by atoms with van der Waals surface area (Å²) in [6.45, 7) is 13.3. The maximum atomic E-state index is 14.6. The zero-order valence-corrected chi connectivity index (χ0v) is 45.4. The van der Waals surface area contributed by atoms with Crippen LogP contribution < -0.4 is 25.6 Å². The van der Waals surface area contributed by atoms with Crippen LogP contribution >= 0.6 is 11.3 Å². The Morgan fingerprint density at radius 3 is 2.30 bits per heavy atom. The van der Waals surface area contributed by atoms with E-state index in [9.17, 15) is 32.0 Å². The molecule has 4 aromatic heterocycles.